The largest absolute Gasteiger partial charge is 0.308 e. The Kier molecular flexibility index (Phi) is 3.06. The maximum absolute atomic E-state index is 13.1. The fraction of sp³-hybridized carbons (Fsp3) is 1.00. The molecule has 76 valence electrons. The molecule has 0 aliphatic heterocycles. The van der Waals surface area contributed by atoms with Gasteiger partial charge in [-0.15, -0.1) is 10.1 Å². The van der Waals surface area contributed by atoms with E-state index in [1.807, 2.05) is 13.8 Å². The van der Waals surface area contributed by atoms with Crippen molar-refractivity contribution in [1.82, 2.24) is 0 Å². The zero-order chi connectivity index (χ0) is 10.0. The number of halogens is 1. The number of alkyl halides is 1. The summed E-state index contributed by atoms with van der Waals surface area (Å²) in [5.74, 6) is 0.568. The third-order valence-corrected chi connectivity index (χ3v) is 2.63. The molecule has 0 radical (unpaired) electrons. The highest BCUT2D eigenvalue weighted by atomic mass is 19.1. The lowest BCUT2D eigenvalue weighted by Gasteiger charge is -2.12. The Labute approximate surface area is 76.2 Å². The number of nitrogens with zero attached hydrogens (tertiary/aromatic N) is 1. The van der Waals surface area contributed by atoms with Gasteiger partial charge in [0, 0.05) is 0 Å². The number of hydrogen-bond acceptors (Lipinski definition) is 3. The van der Waals surface area contributed by atoms with Crippen molar-refractivity contribution in [2.45, 2.75) is 39.0 Å². The molecule has 1 aliphatic carbocycles. The van der Waals surface area contributed by atoms with Gasteiger partial charge in [-0.05, 0) is 24.7 Å². The van der Waals surface area contributed by atoms with Gasteiger partial charge in [-0.2, -0.15) is 0 Å². The molecule has 13 heavy (non-hydrogen) atoms. The van der Waals surface area contributed by atoms with Crippen molar-refractivity contribution in [3.05, 3.63) is 10.1 Å². The average Bonchev–Trinajstić information content (AvgIpc) is 2.31. The van der Waals surface area contributed by atoms with E-state index in [1.165, 1.54) is 0 Å². The smallest absolute Gasteiger partial charge is 0.294 e. The van der Waals surface area contributed by atoms with Crippen molar-refractivity contribution in [2.24, 2.45) is 11.8 Å². The maximum Gasteiger partial charge on any atom is 0.294 e. The Morgan fingerprint density at radius 2 is 2.15 bits per heavy atom. The van der Waals surface area contributed by atoms with E-state index in [-0.39, 0.29) is 5.92 Å². The number of hydrogen-bond donors (Lipinski definition) is 0. The molecule has 4 nitrogen and oxygen atoms in total. The third-order valence-electron chi connectivity index (χ3n) is 2.63. The normalized spacial score (nSPS) is 33.7. The van der Waals surface area contributed by atoms with Gasteiger partial charge in [0.25, 0.3) is 5.09 Å². The summed E-state index contributed by atoms with van der Waals surface area (Å²) in [7, 11) is 0. The highest BCUT2D eigenvalue weighted by Crippen LogP contribution is 2.35. The Hall–Kier alpha value is -0.870. The standard InChI is InChI=1S/C8H14FNO3/c1-5(2)6-3-7(9)8(4-6)13-10(11)12/h5-8H,3-4H2,1-2H3/t6-,7+,8+/m0/s1. The van der Waals surface area contributed by atoms with Gasteiger partial charge >= 0.3 is 0 Å². The molecule has 0 amide bonds. The van der Waals surface area contributed by atoms with Gasteiger partial charge in [0.05, 0.1) is 0 Å². The molecule has 0 saturated heterocycles. The van der Waals surface area contributed by atoms with Gasteiger partial charge in [0.1, 0.15) is 12.3 Å². The van der Waals surface area contributed by atoms with Crippen LogP contribution in [0.5, 0.6) is 0 Å². The van der Waals surface area contributed by atoms with Crippen molar-refractivity contribution >= 4 is 0 Å². The lowest BCUT2D eigenvalue weighted by molar-refractivity contribution is -0.769. The van der Waals surface area contributed by atoms with Crippen molar-refractivity contribution in [2.75, 3.05) is 0 Å². The summed E-state index contributed by atoms with van der Waals surface area (Å²) in [6.45, 7) is 3.98. The first-order valence-electron chi connectivity index (χ1n) is 4.46. The number of rotatable bonds is 3. The quantitative estimate of drug-likeness (QED) is 0.506. The third kappa shape index (κ3) is 2.54. The molecule has 0 aromatic carbocycles. The molecule has 0 unspecified atom stereocenters. The van der Waals surface area contributed by atoms with Crippen LogP contribution in [0.15, 0.2) is 0 Å². The summed E-state index contributed by atoms with van der Waals surface area (Å²) in [6.07, 6.45) is -1.18. The maximum atomic E-state index is 13.1. The zero-order valence-electron chi connectivity index (χ0n) is 7.77. The highest BCUT2D eigenvalue weighted by molar-refractivity contribution is 4.85. The molecule has 5 heteroatoms. The molecule has 0 aromatic heterocycles. The van der Waals surface area contributed by atoms with E-state index >= 15 is 0 Å². The van der Waals surface area contributed by atoms with Crippen molar-refractivity contribution in [3.63, 3.8) is 0 Å². The van der Waals surface area contributed by atoms with Crippen LogP contribution in [0, 0.1) is 22.0 Å². The molecular formula is C8H14FNO3. The average molecular weight is 191 g/mol. The van der Waals surface area contributed by atoms with Crippen LogP contribution in [0.2, 0.25) is 0 Å². The van der Waals surface area contributed by atoms with E-state index in [9.17, 15) is 14.5 Å². The van der Waals surface area contributed by atoms with E-state index in [4.69, 9.17) is 0 Å². The second kappa shape index (κ2) is 3.89. The van der Waals surface area contributed by atoms with Crippen LogP contribution < -0.4 is 0 Å². The fourth-order valence-electron chi connectivity index (χ4n) is 1.75. The summed E-state index contributed by atoms with van der Waals surface area (Å²) < 4.78 is 13.1. The van der Waals surface area contributed by atoms with Crippen molar-refractivity contribution in [3.8, 4) is 0 Å². The zero-order valence-corrected chi connectivity index (χ0v) is 7.77. The van der Waals surface area contributed by atoms with Crippen molar-refractivity contribution < 1.29 is 14.3 Å². The Bertz CT molecular complexity index is 198. The van der Waals surface area contributed by atoms with Gasteiger partial charge in [-0.3, -0.25) is 0 Å². The minimum absolute atomic E-state index is 0.208. The molecule has 1 saturated carbocycles. The molecule has 0 bridgehead atoms. The predicted octanol–water partition coefficient (Wildman–Crippen LogP) is 1.97. The first-order chi connectivity index (χ1) is 6.00. The molecule has 0 spiro atoms. The summed E-state index contributed by atoms with van der Waals surface area (Å²) in [5.41, 5.74) is 0. The van der Waals surface area contributed by atoms with E-state index in [2.05, 4.69) is 4.84 Å². The van der Waals surface area contributed by atoms with Gasteiger partial charge in [0.2, 0.25) is 0 Å². The summed E-state index contributed by atoms with van der Waals surface area (Å²) in [4.78, 5) is 14.2. The van der Waals surface area contributed by atoms with Crippen LogP contribution in [0.3, 0.4) is 0 Å². The topological polar surface area (TPSA) is 52.4 Å². The van der Waals surface area contributed by atoms with Crippen molar-refractivity contribution in [1.29, 1.82) is 0 Å². The highest BCUT2D eigenvalue weighted by Gasteiger charge is 2.38. The Balaban J connectivity index is 2.46. The lowest BCUT2D eigenvalue weighted by atomic mass is 9.94. The second-order valence-corrected chi connectivity index (χ2v) is 3.86. The molecule has 1 aliphatic rings. The van der Waals surface area contributed by atoms with Gasteiger partial charge < -0.3 is 4.84 Å². The van der Waals surface area contributed by atoms with Gasteiger partial charge in [0.15, 0.2) is 0 Å². The van der Waals surface area contributed by atoms with Crippen LogP contribution in [-0.2, 0) is 4.84 Å². The van der Waals surface area contributed by atoms with E-state index in [1.54, 1.807) is 0 Å². The van der Waals surface area contributed by atoms with E-state index in [0.29, 0.717) is 18.8 Å². The Morgan fingerprint density at radius 1 is 1.54 bits per heavy atom. The molecule has 1 rings (SSSR count). The summed E-state index contributed by atoms with van der Waals surface area (Å²) in [6, 6.07) is 0. The van der Waals surface area contributed by atoms with Crippen LogP contribution in [0.25, 0.3) is 0 Å². The Morgan fingerprint density at radius 3 is 2.54 bits per heavy atom. The van der Waals surface area contributed by atoms with Crippen LogP contribution in [0.4, 0.5) is 4.39 Å². The summed E-state index contributed by atoms with van der Waals surface area (Å²) >= 11 is 0. The van der Waals surface area contributed by atoms with E-state index < -0.39 is 17.4 Å². The van der Waals surface area contributed by atoms with Gasteiger partial charge in [-0.25, -0.2) is 4.39 Å². The first-order valence-corrected chi connectivity index (χ1v) is 4.46. The van der Waals surface area contributed by atoms with E-state index in [0.717, 1.165) is 0 Å². The minimum Gasteiger partial charge on any atom is -0.308 e. The molecule has 0 N–H and O–H groups in total. The van der Waals surface area contributed by atoms with Crippen LogP contribution in [-0.4, -0.2) is 17.4 Å². The summed E-state index contributed by atoms with van der Waals surface area (Å²) in [5, 5.41) is 9.09. The molecule has 1 fully saturated rings. The molecule has 3 atom stereocenters. The second-order valence-electron chi connectivity index (χ2n) is 3.86. The molecule has 0 aromatic rings. The van der Waals surface area contributed by atoms with Crippen LogP contribution >= 0.6 is 0 Å². The van der Waals surface area contributed by atoms with Crippen LogP contribution in [0.1, 0.15) is 26.7 Å². The lowest BCUT2D eigenvalue weighted by Crippen LogP contribution is -2.22. The fourth-order valence-corrected chi connectivity index (χ4v) is 1.75. The predicted molar refractivity (Wildman–Crippen MR) is 44.3 cm³/mol. The van der Waals surface area contributed by atoms with Gasteiger partial charge in [-0.1, -0.05) is 13.8 Å². The monoisotopic (exact) mass is 191 g/mol. The SMILES string of the molecule is CC(C)[C@H]1C[C@@H](F)[C@H](O[N+](=O)[O-])C1. The first kappa shape index (κ1) is 10.2. The minimum atomic E-state index is -1.18. The molecule has 0 heterocycles. The molecular weight excluding hydrogens is 177 g/mol.